The molecule has 0 saturated carbocycles. The molecular formula is C49H31Cl2N. The molecule has 0 aliphatic heterocycles. The van der Waals surface area contributed by atoms with E-state index in [0.29, 0.717) is 10.0 Å². The summed E-state index contributed by atoms with van der Waals surface area (Å²) in [5.74, 6) is 0. The van der Waals surface area contributed by atoms with Crippen LogP contribution in [0.25, 0.3) is 60.9 Å². The lowest BCUT2D eigenvalue weighted by molar-refractivity contribution is 0.769. The van der Waals surface area contributed by atoms with Crippen LogP contribution in [0.2, 0.25) is 10.0 Å². The molecule has 52 heavy (non-hydrogen) atoms. The molecule has 1 aliphatic rings. The standard InChI is InChI=1S/C49H31Cl2N/c50-38-27-29-42-41(31-38)47-43(30-28-40-39-15-7-9-17-45(39)52(48(40)47)46-18-10-8-16-44(46)51)49(42,36-23-19-34(20-24-36)32-11-3-1-4-12-32)37-25-21-35(22-26-37)33-13-5-2-6-14-33/h1-31H. The van der Waals surface area contributed by atoms with E-state index in [1.807, 2.05) is 18.2 Å². The second-order valence-electron chi connectivity index (χ2n) is 13.5. The van der Waals surface area contributed by atoms with Gasteiger partial charge in [0.2, 0.25) is 0 Å². The lowest BCUT2D eigenvalue weighted by Gasteiger charge is -2.34. The number of hydrogen-bond donors (Lipinski definition) is 0. The van der Waals surface area contributed by atoms with Crippen LogP contribution >= 0.6 is 23.2 Å². The van der Waals surface area contributed by atoms with Crippen molar-refractivity contribution in [3.63, 3.8) is 0 Å². The predicted molar refractivity (Wildman–Crippen MR) is 219 cm³/mol. The molecule has 0 fully saturated rings. The first kappa shape index (κ1) is 30.9. The van der Waals surface area contributed by atoms with E-state index >= 15 is 0 Å². The average Bonchev–Trinajstić information content (AvgIpc) is 3.69. The average molecular weight is 705 g/mol. The summed E-state index contributed by atoms with van der Waals surface area (Å²) >= 11 is 14.0. The van der Waals surface area contributed by atoms with E-state index in [1.54, 1.807) is 0 Å². The smallest absolute Gasteiger partial charge is 0.0714 e. The number of nitrogens with zero attached hydrogens (tertiary/aromatic N) is 1. The number of halogens is 2. The van der Waals surface area contributed by atoms with Crippen molar-refractivity contribution in [2.24, 2.45) is 0 Å². The van der Waals surface area contributed by atoms with Gasteiger partial charge >= 0.3 is 0 Å². The van der Waals surface area contributed by atoms with Gasteiger partial charge in [0.1, 0.15) is 0 Å². The van der Waals surface area contributed by atoms with Gasteiger partial charge in [-0.15, -0.1) is 0 Å². The SMILES string of the molecule is Clc1ccc2c(c1)-c1c(ccc3c4ccccc4n(-c4ccccc4Cl)c13)C2(c1ccc(-c2ccccc2)cc1)c1ccc(-c2ccccc2)cc1. The minimum atomic E-state index is -0.629. The van der Waals surface area contributed by atoms with Gasteiger partial charge < -0.3 is 4.57 Å². The Morgan fingerprint density at radius 3 is 1.60 bits per heavy atom. The van der Waals surface area contributed by atoms with Gasteiger partial charge in [-0.25, -0.2) is 0 Å². The van der Waals surface area contributed by atoms with E-state index in [4.69, 9.17) is 23.2 Å². The van der Waals surface area contributed by atoms with Crippen LogP contribution in [0.1, 0.15) is 22.3 Å². The summed E-state index contributed by atoms with van der Waals surface area (Å²) in [6.45, 7) is 0. The molecule has 0 bridgehead atoms. The van der Waals surface area contributed by atoms with E-state index in [0.717, 1.165) is 22.3 Å². The maximum Gasteiger partial charge on any atom is 0.0714 e. The normalized spacial score (nSPS) is 13.0. The monoisotopic (exact) mass is 703 g/mol. The van der Waals surface area contributed by atoms with Crippen molar-refractivity contribution >= 4 is 45.0 Å². The molecule has 0 N–H and O–H groups in total. The van der Waals surface area contributed by atoms with Gasteiger partial charge in [0.15, 0.2) is 0 Å². The zero-order valence-corrected chi connectivity index (χ0v) is 29.6. The van der Waals surface area contributed by atoms with Crippen LogP contribution in [-0.2, 0) is 5.41 Å². The Bertz CT molecular complexity index is 2700. The maximum absolute atomic E-state index is 7.03. The number of rotatable bonds is 5. The summed E-state index contributed by atoms with van der Waals surface area (Å²) < 4.78 is 2.35. The molecule has 9 aromatic rings. The summed E-state index contributed by atoms with van der Waals surface area (Å²) in [5, 5.41) is 3.76. The Labute approximate surface area is 313 Å². The van der Waals surface area contributed by atoms with Crippen LogP contribution in [0.15, 0.2) is 188 Å². The van der Waals surface area contributed by atoms with E-state index in [9.17, 15) is 0 Å². The Morgan fingerprint density at radius 1 is 0.423 bits per heavy atom. The molecule has 0 unspecified atom stereocenters. The fourth-order valence-electron chi connectivity index (χ4n) is 8.60. The van der Waals surface area contributed by atoms with Crippen molar-refractivity contribution < 1.29 is 0 Å². The molecule has 8 aromatic carbocycles. The molecule has 0 saturated heterocycles. The highest BCUT2D eigenvalue weighted by Crippen LogP contribution is 2.59. The van der Waals surface area contributed by atoms with Gasteiger partial charge in [0.05, 0.1) is 27.2 Å². The second kappa shape index (κ2) is 12.1. The first-order valence-electron chi connectivity index (χ1n) is 17.6. The third kappa shape index (κ3) is 4.57. The predicted octanol–water partition coefficient (Wildman–Crippen LogP) is 13.8. The topological polar surface area (TPSA) is 4.93 Å². The highest BCUT2D eigenvalue weighted by Gasteiger charge is 2.47. The number of hydrogen-bond acceptors (Lipinski definition) is 0. The first-order chi connectivity index (χ1) is 25.6. The minimum Gasteiger partial charge on any atom is -0.307 e. The van der Waals surface area contributed by atoms with Crippen LogP contribution < -0.4 is 0 Å². The molecule has 0 atom stereocenters. The van der Waals surface area contributed by atoms with Crippen molar-refractivity contribution in [1.82, 2.24) is 4.57 Å². The van der Waals surface area contributed by atoms with Crippen molar-refractivity contribution in [2.45, 2.75) is 5.41 Å². The van der Waals surface area contributed by atoms with Crippen molar-refractivity contribution in [2.75, 3.05) is 0 Å². The Kier molecular flexibility index (Phi) is 7.21. The highest BCUT2D eigenvalue weighted by molar-refractivity contribution is 6.33. The lowest BCUT2D eigenvalue weighted by Crippen LogP contribution is -2.28. The molecule has 1 aromatic heterocycles. The summed E-state index contributed by atoms with van der Waals surface area (Å²) in [7, 11) is 0. The summed E-state index contributed by atoms with van der Waals surface area (Å²) in [5.41, 5.74) is 14.4. The first-order valence-corrected chi connectivity index (χ1v) is 18.3. The zero-order valence-electron chi connectivity index (χ0n) is 28.1. The summed E-state index contributed by atoms with van der Waals surface area (Å²) in [6, 6.07) is 67.3. The molecule has 10 rings (SSSR count). The van der Waals surface area contributed by atoms with E-state index < -0.39 is 5.41 Å². The molecule has 0 spiro atoms. The van der Waals surface area contributed by atoms with Gasteiger partial charge in [-0.05, 0) is 80.4 Å². The molecular weight excluding hydrogens is 673 g/mol. The third-order valence-electron chi connectivity index (χ3n) is 10.8. The Morgan fingerprint density at radius 2 is 0.962 bits per heavy atom. The van der Waals surface area contributed by atoms with E-state index in [-0.39, 0.29) is 0 Å². The van der Waals surface area contributed by atoms with Crippen LogP contribution in [0.3, 0.4) is 0 Å². The summed E-state index contributed by atoms with van der Waals surface area (Å²) in [4.78, 5) is 0. The van der Waals surface area contributed by atoms with Crippen molar-refractivity contribution in [1.29, 1.82) is 0 Å². The van der Waals surface area contributed by atoms with Gasteiger partial charge in [-0.2, -0.15) is 0 Å². The fourth-order valence-corrected chi connectivity index (χ4v) is 8.99. The largest absolute Gasteiger partial charge is 0.307 e. The zero-order chi connectivity index (χ0) is 34.8. The van der Waals surface area contributed by atoms with E-state index in [1.165, 1.54) is 60.8 Å². The minimum absolute atomic E-state index is 0.629. The van der Waals surface area contributed by atoms with E-state index in [2.05, 4.69) is 174 Å². The summed E-state index contributed by atoms with van der Waals surface area (Å²) in [6.07, 6.45) is 0. The second-order valence-corrected chi connectivity index (χ2v) is 14.4. The molecule has 246 valence electrons. The van der Waals surface area contributed by atoms with Crippen molar-refractivity contribution in [3.05, 3.63) is 220 Å². The highest BCUT2D eigenvalue weighted by atomic mass is 35.5. The Balaban J connectivity index is 1.33. The molecule has 1 heterocycles. The van der Waals surface area contributed by atoms with Gasteiger partial charge in [0.25, 0.3) is 0 Å². The van der Waals surface area contributed by atoms with Crippen LogP contribution in [0.4, 0.5) is 0 Å². The van der Waals surface area contributed by atoms with Gasteiger partial charge in [-0.3, -0.25) is 0 Å². The van der Waals surface area contributed by atoms with Crippen LogP contribution in [0, 0.1) is 0 Å². The number of fused-ring (bicyclic) bond motifs is 7. The molecule has 0 radical (unpaired) electrons. The Hall–Kier alpha value is -5.86. The van der Waals surface area contributed by atoms with Crippen LogP contribution in [-0.4, -0.2) is 4.57 Å². The van der Waals surface area contributed by atoms with Crippen molar-refractivity contribution in [3.8, 4) is 39.1 Å². The van der Waals surface area contributed by atoms with Crippen LogP contribution in [0.5, 0.6) is 0 Å². The number of para-hydroxylation sites is 2. The van der Waals surface area contributed by atoms with Gasteiger partial charge in [-0.1, -0.05) is 181 Å². The fraction of sp³-hybridized carbons (Fsp3) is 0.0204. The van der Waals surface area contributed by atoms with Gasteiger partial charge in [0, 0.05) is 21.4 Å². The third-order valence-corrected chi connectivity index (χ3v) is 11.4. The number of benzene rings is 8. The molecule has 3 heteroatoms. The number of aromatic nitrogens is 1. The quantitative estimate of drug-likeness (QED) is 0.168. The lowest BCUT2D eigenvalue weighted by atomic mass is 9.67. The molecule has 1 nitrogen and oxygen atoms in total. The molecule has 0 amide bonds. The molecule has 1 aliphatic carbocycles. The maximum atomic E-state index is 7.03.